The second kappa shape index (κ2) is 8.73. The average Bonchev–Trinajstić information content (AvgIpc) is 3.02. The molecule has 0 saturated carbocycles. The van der Waals surface area contributed by atoms with Gasteiger partial charge in [-0.3, -0.25) is 4.31 Å². The van der Waals surface area contributed by atoms with Crippen LogP contribution in [0.3, 0.4) is 0 Å². The molecule has 1 atom stereocenters. The van der Waals surface area contributed by atoms with Crippen LogP contribution in [0.2, 0.25) is 0 Å². The van der Waals surface area contributed by atoms with E-state index in [2.05, 4.69) is 0 Å². The van der Waals surface area contributed by atoms with Gasteiger partial charge in [-0.1, -0.05) is 18.2 Å². The number of aliphatic hydroxyl groups excluding tert-OH is 1. The van der Waals surface area contributed by atoms with Crippen molar-refractivity contribution in [3.63, 3.8) is 0 Å². The van der Waals surface area contributed by atoms with Gasteiger partial charge in [0, 0.05) is 5.41 Å². The van der Waals surface area contributed by atoms with E-state index in [-0.39, 0.29) is 18.0 Å². The maximum Gasteiger partial charge on any atom is 0.494 e. The predicted octanol–water partition coefficient (Wildman–Crippen LogP) is 2.65. The molecular weight excluding hydrogens is 481 g/mol. The average molecular weight is 515 g/mol. The Morgan fingerprint density at radius 2 is 1.75 bits per heavy atom. The summed E-state index contributed by atoms with van der Waals surface area (Å²) in [5, 5.41) is 9.94. The van der Waals surface area contributed by atoms with Crippen LogP contribution in [-0.2, 0) is 24.1 Å². The third-order valence-electron chi connectivity index (χ3n) is 7.83. The summed E-state index contributed by atoms with van der Waals surface area (Å²) in [6.45, 7) is 10.7. The lowest BCUT2D eigenvalue weighted by atomic mass is 9.78. The van der Waals surface area contributed by atoms with Gasteiger partial charge in [0.15, 0.2) is 0 Å². The highest BCUT2D eigenvalue weighted by Crippen LogP contribution is 2.42. The van der Waals surface area contributed by atoms with E-state index in [0.29, 0.717) is 31.1 Å². The molecule has 0 radical (unpaired) electrons. The first-order valence-electron chi connectivity index (χ1n) is 12.3. The number of benzene rings is 2. The Balaban J connectivity index is 1.54. The number of rotatable bonds is 6. The van der Waals surface area contributed by atoms with Gasteiger partial charge < -0.3 is 23.9 Å². The second-order valence-corrected chi connectivity index (χ2v) is 13.1. The fraction of sp³-hybridized carbons (Fsp3) is 0.538. The van der Waals surface area contributed by atoms with E-state index in [0.717, 1.165) is 11.0 Å². The number of hydrogen-bond acceptors (Lipinski definition) is 7. The molecule has 194 valence electrons. The van der Waals surface area contributed by atoms with Crippen molar-refractivity contribution in [1.29, 1.82) is 0 Å². The topological polar surface area (TPSA) is 94.5 Å². The van der Waals surface area contributed by atoms with Crippen LogP contribution in [0, 0.1) is 12.3 Å². The molecule has 0 aromatic heterocycles. The minimum atomic E-state index is -3.89. The largest absolute Gasteiger partial charge is 0.494 e. The van der Waals surface area contributed by atoms with Crippen molar-refractivity contribution in [2.24, 2.45) is 5.41 Å². The monoisotopic (exact) mass is 515 g/mol. The molecule has 5 rings (SSSR count). The number of aryl methyl sites for hydroxylation is 1. The molecule has 2 fully saturated rings. The molecule has 10 heteroatoms. The quantitative estimate of drug-likeness (QED) is 0.592. The molecule has 0 amide bonds. The zero-order valence-corrected chi connectivity index (χ0v) is 22.3. The third-order valence-corrected chi connectivity index (χ3v) is 9.61. The Hall–Kier alpha value is -2.11. The Morgan fingerprint density at radius 1 is 1.06 bits per heavy atom. The lowest BCUT2D eigenvalue weighted by Crippen LogP contribution is -2.52. The Kier molecular flexibility index (Phi) is 6.20. The molecular formula is C26H34BNO7S. The van der Waals surface area contributed by atoms with Gasteiger partial charge >= 0.3 is 7.12 Å². The minimum absolute atomic E-state index is 0.0365. The molecule has 2 aromatic carbocycles. The van der Waals surface area contributed by atoms with Gasteiger partial charge in [0.05, 0.1) is 48.2 Å². The van der Waals surface area contributed by atoms with Crippen molar-refractivity contribution in [2.75, 3.05) is 30.7 Å². The molecule has 0 unspecified atom stereocenters. The van der Waals surface area contributed by atoms with Crippen molar-refractivity contribution in [3.8, 4) is 5.75 Å². The van der Waals surface area contributed by atoms with Gasteiger partial charge in [-0.05, 0) is 76.3 Å². The summed E-state index contributed by atoms with van der Waals surface area (Å²) >= 11 is 0. The summed E-state index contributed by atoms with van der Waals surface area (Å²) in [6, 6.07) is 12.3. The summed E-state index contributed by atoms with van der Waals surface area (Å²) in [4.78, 5) is 0.221. The van der Waals surface area contributed by atoms with Crippen LogP contribution in [0.4, 0.5) is 5.69 Å². The van der Waals surface area contributed by atoms with Crippen LogP contribution in [-0.4, -0.2) is 64.3 Å². The zero-order valence-electron chi connectivity index (χ0n) is 21.5. The Bertz CT molecular complexity index is 1240. The number of sulfonamides is 1. The van der Waals surface area contributed by atoms with E-state index in [4.69, 9.17) is 18.8 Å². The van der Waals surface area contributed by atoms with Crippen molar-refractivity contribution in [1.82, 2.24) is 0 Å². The van der Waals surface area contributed by atoms with Crippen LogP contribution in [0.1, 0.15) is 39.7 Å². The molecule has 3 aliphatic rings. The molecule has 8 nitrogen and oxygen atoms in total. The molecule has 3 heterocycles. The Morgan fingerprint density at radius 3 is 2.33 bits per heavy atom. The standard InChI is InChI=1S/C26H34BNO7S/c1-18-7-6-8-21(11-18)36(30,31)28-14-20(13-26(15-29)16-32-17-26)33-23-10-9-19(12-22(23)28)27-34-24(2,3)25(4,5)35-27/h6-12,20,29H,13-17H2,1-5H3/t20-/m0/s1. The molecule has 3 aliphatic heterocycles. The highest BCUT2D eigenvalue weighted by molar-refractivity contribution is 7.92. The van der Waals surface area contributed by atoms with Gasteiger partial charge in [0.1, 0.15) is 11.9 Å². The van der Waals surface area contributed by atoms with Crippen LogP contribution in [0.25, 0.3) is 0 Å². The number of aliphatic hydroxyl groups is 1. The highest BCUT2D eigenvalue weighted by atomic mass is 32.2. The van der Waals surface area contributed by atoms with Crippen LogP contribution >= 0.6 is 0 Å². The van der Waals surface area contributed by atoms with Crippen molar-refractivity contribution in [3.05, 3.63) is 48.0 Å². The summed E-state index contributed by atoms with van der Waals surface area (Å²) in [6.07, 6.45) is 0.0534. The zero-order chi connectivity index (χ0) is 25.9. The summed E-state index contributed by atoms with van der Waals surface area (Å²) in [7, 11) is -4.52. The number of ether oxygens (including phenoxy) is 2. The predicted molar refractivity (Wildman–Crippen MR) is 137 cm³/mol. The number of hydrogen-bond donors (Lipinski definition) is 1. The van der Waals surface area contributed by atoms with Gasteiger partial charge in [-0.2, -0.15) is 0 Å². The first kappa shape index (κ1) is 25.5. The van der Waals surface area contributed by atoms with Crippen molar-refractivity contribution >= 4 is 28.3 Å². The van der Waals surface area contributed by atoms with Crippen LogP contribution < -0.4 is 14.5 Å². The lowest BCUT2D eigenvalue weighted by Gasteiger charge is -2.44. The van der Waals surface area contributed by atoms with Crippen LogP contribution in [0.5, 0.6) is 5.75 Å². The van der Waals surface area contributed by atoms with Crippen molar-refractivity contribution < 1.29 is 32.3 Å². The molecule has 0 aliphatic carbocycles. The van der Waals surface area contributed by atoms with Gasteiger partial charge in [0.2, 0.25) is 0 Å². The van der Waals surface area contributed by atoms with E-state index in [1.807, 2.05) is 46.8 Å². The van der Waals surface area contributed by atoms with Gasteiger partial charge in [-0.15, -0.1) is 0 Å². The van der Waals surface area contributed by atoms with E-state index < -0.39 is 39.9 Å². The molecule has 2 aromatic rings. The SMILES string of the molecule is Cc1cccc(S(=O)(=O)N2C[C@H](CC3(CO)COC3)Oc3ccc(B4OC(C)(C)C(C)(C)O4)cc32)c1. The summed E-state index contributed by atoms with van der Waals surface area (Å²) in [5.41, 5.74) is 0.570. The number of anilines is 1. The minimum Gasteiger partial charge on any atom is -0.486 e. The maximum absolute atomic E-state index is 13.9. The van der Waals surface area contributed by atoms with Gasteiger partial charge in [-0.25, -0.2) is 8.42 Å². The van der Waals surface area contributed by atoms with E-state index >= 15 is 0 Å². The third kappa shape index (κ3) is 4.33. The fourth-order valence-electron chi connectivity index (χ4n) is 4.84. The fourth-order valence-corrected chi connectivity index (χ4v) is 6.44. The maximum atomic E-state index is 13.9. The molecule has 0 bridgehead atoms. The number of fused-ring (bicyclic) bond motifs is 1. The summed E-state index contributed by atoms with van der Waals surface area (Å²) in [5.74, 6) is 0.469. The summed E-state index contributed by atoms with van der Waals surface area (Å²) < 4.78 is 53.4. The highest BCUT2D eigenvalue weighted by Gasteiger charge is 2.52. The van der Waals surface area contributed by atoms with Crippen LogP contribution in [0.15, 0.2) is 47.4 Å². The smallest absolute Gasteiger partial charge is 0.486 e. The molecule has 2 saturated heterocycles. The van der Waals surface area contributed by atoms with Crippen molar-refractivity contribution in [2.45, 2.75) is 63.2 Å². The lowest BCUT2D eigenvalue weighted by molar-refractivity contribution is -0.151. The molecule has 1 N–H and O–H groups in total. The van der Waals surface area contributed by atoms with E-state index in [1.165, 1.54) is 4.31 Å². The Labute approximate surface area is 213 Å². The molecule has 36 heavy (non-hydrogen) atoms. The first-order valence-corrected chi connectivity index (χ1v) is 13.7. The normalized spacial score (nSPS) is 24.1. The first-order chi connectivity index (χ1) is 16.9. The van der Waals surface area contributed by atoms with E-state index in [1.54, 1.807) is 30.3 Å². The number of nitrogens with zero attached hydrogens (tertiary/aromatic N) is 1. The van der Waals surface area contributed by atoms with E-state index in [9.17, 15) is 13.5 Å². The van der Waals surface area contributed by atoms with Gasteiger partial charge in [0.25, 0.3) is 10.0 Å². The second-order valence-electron chi connectivity index (χ2n) is 11.3. The molecule has 0 spiro atoms.